The number of nitrogens with zero attached hydrogens (tertiary/aromatic N) is 1. The van der Waals surface area contributed by atoms with Crippen molar-refractivity contribution in [3.63, 3.8) is 0 Å². The Labute approximate surface area is 310 Å². The van der Waals surface area contributed by atoms with Crippen molar-refractivity contribution in [1.82, 2.24) is 0 Å². The summed E-state index contributed by atoms with van der Waals surface area (Å²) in [4.78, 5) is 24.4. The summed E-state index contributed by atoms with van der Waals surface area (Å²) in [7, 11) is 1.38. The fraction of sp³-hybridized carbons (Fsp3) is 0.447. The van der Waals surface area contributed by atoms with Gasteiger partial charge in [-0.05, 0) is 53.1 Å². The molecule has 0 aliphatic rings. The molecule has 0 saturated carbocycles. The Bertz CT molecular complexity index is 1480. The van der Waals surface area contributed by atoms with Crippen molar-refractivity contribution in [2.24, 2.45) is 4.99 Å². The molecule has 4 rings (SSSR count). The van der Waals surface area contributed by atoms with Crippen LogP contribution in [0.25, 0.3) is 0 Å². The van der Waals surface area contributed by atoms with Crippen molar-refractivity contribution in [1.29, 1.82) is 0 Å². The van der Waals surface area contributed by atoms with E-state index in [-0.39, 0.29) is 0 Å². The predicted molar refractivity (Wildman–Crippen MR) is 218 cm³/mol. The normalized spacial score (nSPS) is 10.2. The topological polar surface area (TPSA) is 72.5 Å². The number of carbonyl (C=O) groups is 1. The number of aliphatic imine (C=N–C) groups is 1. The van der Waals surface area contributed by atoms with E-state index in [9.17, 15) is 4.79 Å². The van der Waals surface area contributed by atoms with E-state index in [0.717, 1.165) is 31.4 Å². The minimum absolute atomic E-state index is 0.394. The number of carbonyl (C=O) groups excluding carboxylic acids is 2. The number of para-hydroxylation sites is 1. The zero-order valence-corrected chi connectivity index (χ0v) is 31.7. The third kappa shape index (κ3) is 21.5. The molecule has 274 valence electrons. The SMILES string of the molecule is CCCCCCCCCCCCCCCCCC(=O)Cc1ccccc1Cc1ccccc1.CN=C=O.Nc1ccccc1Cc1ccccc1. The molecule has 0 heterocycles. The van der Waals surface area contributed by atoms with E-state index in [1.807, 2.05) is 24.3 Å². The second kappa shape index (κ2) is 29.5. The summed E-state index contributed by atoms with van der Waals surface area (Å²) in [6.45, 7) is 2.29. The average Bonchev–Trinajstić information content (AvgIpc) is 3.16. The summed E-state index contributed by atoms with van der Waals surface area (Å²) in [6, 6.07) is 37.3. The predicted octanol–water partition coefficient (Wildman–Crippen LogP) is 12.5. The van der Waals surface area contributed by atoms with Gasteiger partial charge in [0.05, 0.1) is 0 Å². The molecule has 4 heteroatoms. The third-order valence-electron chi connectivity index (χ3n) is 9.19. The number of isocyanates is 1. The molecule has 2 N–H and O–H groups in total. The second-order valence-electron chi connectivity index (χ2n) is 13.5. The maximum atomic E-state index is 12.6. The number of Topliss-reactive ketones (excluding diaryl/α,β-unsaturated/α-hetero) is 1. The number of anilines is 1. The molecule has 0 saturated heterocycles. The molecule has 0 amide bonds. The van der Waals surface area contributed by atoms with Crippen LogP contribution in [0.2, 0.25) is 0 Å². The zero-order valence-electron chi connectivity index (χ0n) is 31.7. The van der Waals surface area contributed by atoms with Gasteiger partial charge in [-0.1, -0.05) is 200 Å². The first kappa shape index (κ1) is 42.9. The Hall–Kier alpha value is -4.27. The highest BCUT2D eigenvalue weighted by atomic mass is 16.1. The molecule has 0 aliphatic carbocycles. The highest BCUT2D eigenvalue weighted by Crippen LogP contribution is 2.18. The fourth-order valence-corrected chi connectivity index (χ4v) is 6.22. The molecule has 0 fully saturated rings. The largest absolute Gasteiger partial charge is 0.398 e. The van der Waals surface area contributed by atoms with Gasteiger partial charge in [-0.2, -0.15) is 0 Å². The number of ketones is 1. The molecule has 0 radical (unpaired) electrons. The van der Waals surface area contributed by atoms with Crippen molar-refractivity contribution >= 4 is 17.6 Å². The van der Waals surface area contributed by atoms with E-state index in [0.29, 0.717) is 12.2 Å². The molecule has 4 nitrogen and oxygen atoms in total. The van der Waals surface area contributed by atoms with Gasteiger partial charge in [0.2, 0.25) is 6.08 Å². The molecule has 0 aromatic heterocycles. The highest BCUT2D eigenvalue weighted by molar-refractivity contribution is 5.81. The Morgan fingerprint density at radius 1 is 0.529 bits per heavy atom. The molecule has 0 aliphatic heterocycles. The summed E-state index contributed by atoms with van der Waals surface area (Å²) in [6.07, 6.45) is 24.9. The van der Waals surface area contributed by atoms with E-state index in [1.54, 1.807) is 0 Å². The van der Waals surface area contributed by atoms with E-state index in [4.69, 9.17) is 10.5 Å². The number of nitrogen functional groups attached to an aromatic ring is 1. The second-order valence-corrected chi connectivity index (χ2v) is 13.5. The van der Waals surface area contributed by atoms with Gasteiger partial charge in [0.1, 0.15) is 5.78 Å². The first-order valence-electron chi connectivity index (χ1n) is 19.5. The average molecular weight is 689 g/mol. The summed E-state index contributed by atoms with van der Waals surface area (Å²) in [5.41, 5.74) is 13.0. The lowest BCUT2D eigenvalue weighted by Gasteiger charge is -2.09. The lowest BCUT2D eigenvalue weighted by atomic mass is 9.95. The van der Waals surface area contributed by atoms with Gasteiger partial charge in [0, 0.05) is 25.6 Å². The van der Waals surface area contributed by atoms with Crippen LogP contribution in [0, 0.1) is 0 Å². The molecule has 0 unspecified atom stereocenters. The van der Waals surface area contributed by atoms with Crippen LogP contribution < -0.4 is 5.73 Å². The summed E-state index contributed by atoms with van der Waals surface area (Å²) in [5, 5.41) is 0. The lowest BCUT2D eigenvalue weighted by Crippen LogP contribution is -2.05. The Kier molecular flexibility index (Phi) is 24.8. The smallest absolute Gasteiger partial charge is 0.234 e. The van der Waals surface area contributed by atoms with Crippen molar-refractivity contribution in [3.8, 4) is 0 Å². The van der Waals surface area contributed by atoms with Crippen LogP contribution >= 0.6 is 0 Å². The van der Waals surface area contributed by atoms with Gasteiger partial charge < -0.3 is 5.73 Å². The molecule has 51 heavy (non-hydrogen) atoms. The Morgan fingerprint density at radius 2 is 0.902 bits per heavy atom. The van der Waals surface area contributed by atoms with E-state index < -0.39 is 0 Å². The summed E-state index contributed by atoms with van der Waals surface area (Å²) >= 11 is 0. The molecule has 0 atom stereocenters. The maximum Gasteiger partial charge on any atom is 0.234 e. The van der Waals surface area contributed by atoms with Crippen LogP contribution in [-0.2, 0) is 28.9 Å². The summed E-state index contributed by atoms with van der Waals surface area (Å²) < 4.78 is 0. The van der Waals surface area contributed by atoms with Crippen molar-refractivity contribution < 1.29 is 9.59 Å². The summed E-state index contributed by atoms with van der Waals surface area (Å²) in [5.74, 6) is 0.394. The van der Waals surface area contributed by atoms with Gasteiger partial charge in [-0.15, -0.1) is 0 Å². The number of nitrogens with two attached hydrogens (primary N) is 1. The molecule has 4 aromatic carbocycles. The van der Waals surface area contributed by atoms with Crippen LogP contribution in [0.1, 0.15) is 137 Å². The first-order valence-corrected chi connectivity index (χ1v) is 19.5. The van der Waals surface area contributed by atoms with Crippen molar-refractivity contribution in [2.75, 3.05) is 12.8 Å². The number of rotatable bonds is 22. The van der Waals surface area contributed by atoms with Crippen LogP contribution in [0.3, 0.4) is 0 Å². The Balaban J connectivity index is 0.000000409. The molecular weight excluding hydrogens is 625 g/mol. The molecule has 0 bridgehead atoms. The van der Waals surface area contributed by atoms with Crippen molar-refractivity contribution in [3.05, 3.63) is 137 Å². The van der Waals surface area contributed by atoms with Gasteiger partial charge in [-0.3, -0.25) is 4.79 Å². The van der Waals surface area contributed by atoms with Crippen molar-refractivity contribution in [2.45, 2.75) is 129 Å². The van der Waals surface area contributed by atoms with Crippen LogP contribution in [0.5, 0.6) is 0 Å². The van der Waals surface area contributed by atoms with Gasteiger partial charge in [-0.25, -0.2) is 9.79 Å². The number of benzene rings is 4. The van der Waals surface area contributed by atoms with Gasteiger partial charge >= 0.3 is 0 Å². The number of unbranched alkanes of at least 4 members (excludes halogenated alkanes) is 14. The fourth-order valence-electron chi connectivity index (χ4n) is 6.22. The number of hydrogen-bond acceptors (Lipinski definition) is 4. The third-order valence-corrected chi connectivity index (χ3v) is 9.19. The van der Waals surface area contributed by atoms with Gasteiger partial charge in [0.15, 0.2) is 0 Å². The van der Waals surface area contributed by atoms with E-state index in [1.165, 1.54) is 131 Å². The molecular formula is C47H64N2O2. The molecule has 0 spiro atoms. The minimum atomic E-state index is 0.394. The quantitative estimate of drug-likeness (QED) is 0.0386. The minimum Gasteiger partial charge on any atom is -0.398 e. The number of hydrogen-bond donors (Lipinski definition) is 1. The van der Waals surface area contributed by atoms with Crippen LogP contribution in [0.4, 0.5) is 5.69 Å². The first-order chi connectivity index (χ1) is 25.1. The van der Waals surface area contributed by atoms with E-state index in [2.05, 4.69) is 96.8 Å². The maximum absolute atomic E-state index is 12.6. The van der Waals surface area contributed by atoms with Gasteiger partial charge in [0.25, 0.3) is 0 Å². The van der Waals surface area contributed by atoms with Crippen LogP contribution in [0.15, 0.2) is 114 Å². The van der Waals surface area contributed by atoms with E-state index >= 15 is 0 Å². The van der Waals surface area contributed by atoms with Crippen LogP contribution in [-0.4, -0.2) is 18.9 Å². The zero-order chi connectivity index (χ0) is 36.6. The standard InChI is InChI=1S/C32H48O.C13H13N.C2H3NO/c1-2-3-4-5-6-7-8-9-10-11-12-13-14-15-19-26-32(33)28-31-25-21-20-24-30(31)27-29-22-17-16-18-23-29;14-13-9-5-4-8-12(13)10-11-6-2-1-3-7-11;1-3-2-4/h16-18,20-25H,2-15,19,26-28H2,1H3;1-9H,10,14H2;1H3. The monoisotopic (exact) mass is 688 g/mol. The lowest BCUT2D eigenvalue weighted by molar-refractivity contribution is -0.118. The Morgan fingerprint density at radius 3 is 1.35 bits per heavy atom. The molecule has 4 aromatic rings. The highest BCUT2D eigenvalue weighted by Gasteiger charge is 2.09.